The van der Waals surface area contributed by atoms with Gasteiger partial charge in [0, 0.05) is 30.7 Å². The molecule has 2 heteroatoms. The second kappa shape index (κ2) is 4.49. The first kappa shape index (κ1) is 12.9. The zero-order valence-electron chi connectivity index (χ0n) is 12.6. The Morgan fingerprint density at radius 3 is 2.06 bits per heavy atom. The number of nitrogens with one attached hydrogen (secondary N) is 1. The number of piperazine rings is 1. The highest BCUT2D eigenvalue weighted by atomic mass is 15.3. The quantitative estimate of drug-likeness (QED) is 0.825. The first-order chi connectivity index (χ1) is 8.48. The average Bonchev–Trinajstić information content (AvgIpc) is 3.10. The van der Waals surface area contributed by atoms with Crippen LogP contribution in [0.3, 0.4) is 0 Å². The van der Waals surface area contributed by atoms with Crippen molar-refractivity contribution >= 4 is 0 Å². The summed E-state index contributed by atoms with van der Waals surface area (Å²) in [7, 11) is 0. The molecule has 3 fully saturated rings. The molecule has 18 heavy (non-hydrogen) atoms. The summed E-state index contributed by atoms with van der Waals surface area (Å²) in [6.45, 7) is 12.0. The van der Waals surface area contributed by atoms with E-state index in [1.165, 1.54) is 38.8 Å². The highest BCUT2D eigenvalue weighted by Gasteiger charge is 2.49. The topological polar surface area (TPSA) is 15.3 Å². The molecule has 0 amide bonds. The van der Waals surface area contributed by atoms with Crippen LogP contribution >= 0.6 is 0 Å². The number of rotatable bonds is 4. The molecule has 0 aromatic rings. The third-order valence-corrected chi connectivity index (χ3v) is 5.16. The summed E-state index contributed by atoms with van der Waals surface area (Å²) in [5.41, 5.74) is 0.299. The van der Waals surface area contributed by atoms with Gasteiger partial charge in [-0.15, -0.1) is 0 Å². The number of hydrogen-bond acceptors (Lipinski definition) is 2. The van der Waals surface area contributed by atoms with Gasteiger partial charge in [-0.25, -0.2) is 0 Å². The lowest BCUT2D eigenvalue weighted by Crippen LogP contribution is -2.65. The molecule has 104 valence electrons. The Kier molecular flexibility index (Phi) is 3.22. The Balaban J connectivity index is 1.78. The van der Waals surface area contributed by atoms with Crippen LogP contribution in [0.2, 0.25) is 0 Å². The van der Waals surface area contributed by atoms with Crippen molar-refractivity contribution in [2.24, 2.45) is 17.8 Å². The second-order valence-electron chi connectivity index (χ2n) is 7.91. The Morgan fingerprint density at radius 2 is 1.61 bits per heavy atom. The fraction of sp³-hybridized carbons (Fsp3) is 1.00. The molecule has 3 aliphatic rings. The summed E-state index contributed by atoms with van der Waals surface area (Å²) >= 11 is 0. The van der Waals surface area contributed by atoms with Gasteiger partial charge in [-0.3, -0.25) is 4.90 Å². The van der Waals surface area contributed by atoms with Crippen LogP contribution in [0.1, 0.15) is 53.4 Å². The molecule has 0 aromatic heterocycles. The predicted octanol–water partition coefficient (Wildman–Crippen LogP) is 2.88. The van der Waals surface area contributed by atoms with E-state index in [4.69, 9.17) is 0 Å². The van der Waals surface area contributed by atoms with E-state index in [1.807, 2.05) is 0 Å². The van der Waals surface area contributed by atoms with E-state index in [-0.39, 0.29) is 0 Å². The van der Waals surface area contributed by atoms with Crippen molar-refractivity contribution in [3.63, 3.8) is 0 Å². The van der Waals surface area contributed by atoms with E-state index in [2.05, 4.69) is 37.9 Å². The molecule has 2 aliphatic carbocycles. The van der Waals surface area contributed by atoms with Crippen molar-refractivity contribution in [3.8, 4) is 0 Å². The van der Waals surface area contributed by atoms with Crippen molar-refractivity contribution in [3.05, 3.63) is 0 Å². The van der Waals surface area contributed by atoms with E-state index < -0.39 is 0 Å². The lowest BCUT2D eigenvalue weighted by Gasteiger charge is -2.50. The Labute approximate surface area is 113 Å². The monoisotopic (exact) mass is 250 g/mol. The van der Waals surface area contributed by atoms with E-state index in [0.29, 0.717) is 5.54 Å². The largest absolute Gasteiger partial charge is 0.309 e. The molecule has 1 atom stereocenters. The van der Waals surface area contributed by atoms with Crippen molar-refractivity contribution in [1.29, 1.82) is 0 Å². The Bertz CT molecular complexity index is 290. The zero-order chi connectivity index (χ0) is 12.9. The van der Waals surface area contributed by atoms with Gasteiger partial charge in [0.2, 0.25) is 0 Å². The van der Waals surface area contributed by atoms with Crippen LogP contribution in [-0.2, 0) is 0 Å². The molecule has 0 radical (unpaired) electrons. The Hall–Kier alpha value is -0.0800. The molecule has 0 spiro atoms. The van der Waals surface area contributed by atoms with Crippen molar-refractivity contribution < 1.29 is 0 Å². The smallest absolute Gasteiger partial charge is 0.0253 e. The zero-order valence-corrected chi connectivity index (χ0v) is 12.6. The average molecular weight is 250 g/mol. The summed E-state index contributed by atoms with van der Waals surface area (Å²) < 4.78 is 0. The summed E-state index contributed by atoms with van der Waals surface area (Å²) in [4.78, 5) is 2.91. The normalized spacial score (nSPS) is 33.3. The molecule has 2 saturated carbocycles. The van der Waals surface area contributed by atoms with Crippen molar-refractivity contribution in [2.75, 3.05) is 13.1 Å². The van der Waals surface area contributed by atoms with Crippen LogP contribution < -0.4 is 5.32 Å². The highest BCUT2D eigenvalue weighted by Crippen LogP contribution is 2.48. The van der Waals surface area contributed by atoms with Crippen LogP contribution in [0, 0.1) is 17.8 Å². The molecule has 1 aliphatic heterocycles. The summed E-state index contributed by atoms with van der Waals surface area (Å²) in [5, 5.41) is 3.75. The molecule has 2 nitrogen and oxygen atoms in total. The molecule has 3 rings (SSSR count). The summed E-state index contributed by atoms with van der Waals surface area (Å²) in [6, 6.07) is 1.67. The highest BCUT2D eigenvalue weighted by molar-refractivity contribution is 5.04. The maximum Gasteiger partial charge on any atom is 0.0253 e. The van der Waals surface area contributed by atoms with Crippen LogP contribution in [0.4, 0.5) is 0 Å². The number of nitrogens with zero attached hydrogens (tertiary/aromatic N) is 1. The third kappa shape index (κ3) is 2.60. The molecule has 1 saturated heterocycles. The maximum atomic E-state index is 3.75. The molecule has 1 unspecified atom stereocenters. The van der Waals surface area contributed by atoms with Gasteiger partial charge in [-0.1, -0.05) is 13.8 Å². The fourth-order valence-electron chi connectivity index (χ4n) is 3.87. The minimum absolute atomic E-state index is 0.299. The van der Waals surface area contributed by atoms with E-state index in [9.17, 15) is 0 Å². The Morgan fingerprint density at radius 1 is 1.06 bits per heavy atom. The van der Waals surface area contributed by atoms with Gasteiger partial charge in [-0.2, -0.15) is 0 Å². The SMILES string of the molecule is CC(C)C1CNC(C)(C)CN1C(C1CC1)C1CC1. The van der Waals surface area contributed by atoms with Crippen molar-refractivity contribution in [1.82, 2.24) is 10.2 Å². The molecule has 1 heterocycles. The standard InChI is InChI=1S/C16H30N2/c1-11(2)14-9-17-16(3,4)10-18(14)15(12-5-6-12)13-7-8-13/h11-15,17H,5-10H2,1-4H3. The van der Waals surface area contributed by atoms with E-state index in [0.717, 1.165) is 29.8 Å². The van der Waals surface area contributed by atoms with Crippen LogP contribution in [0.25, 0.3) is 0 Å². The molecule has 0 bridgehead atoms. The predicted molar refractivity (Wildman–Crippen MR) is 76.6 cm³/mol. The molecular weight excluding hydrogens is 220 g/mol. The lowest BCUT2D eigenvalue weighted by atomic mass is 9.89. The van der Waals surface area contributed by atoms with Crippen LogP contribution in [0.15, 0.2) is 0 Å². The van der Waals surface area contributed by atoms with Crippen LogP contribution in [0.5, 0.6) is 0 Å². The number of hydrogen-bond donors (Lipinski definition) is 1. The minimum atomic E-state index is 0.299. The van der Waals surface area contributed by atoms with Crippen LogP contribution in [-0.4, -0.2) is 35.6 Å². The third-order valence-electron chi connectivity index (χ3n) is 5.16. The summed E-state index contributed by atoms with van der Waals surface area (Å²) in [5.74, 6) is 2.84. The van der Waals surface area contributed by atoms with Gasteiger partial charge in [0.05, 0.1) is 0 Å². The van der Waals surface area contributed by atoms with Gasteiger partial charge < -0.3 is 5.32 Å². The maximum absolute atomic E-state index is 3.75. The van der Waals surface area contributed by atoms with E-state index in [1.54, 1.807) is 0 Å². The minimum Gasteiger partial charge on any atom is -0.309 e. The van der Waals surface area contributed by atoms with Crippen molar-refractivity contribution in [2.45, 2.75) is 71.0 Å². The van der Waals surface area contributed by atoms with Gasteiger partial charge in [-0.05, 0) is 57.3 Å². The van der Waals surface area contributed by atoms with E-state index >= 15 is 0 Å². The first-order valence-corrected chi connectivity index (χ1v) is 7.99. The van der Waals surface area contributed by atoms with Gasteiger partial charge in [0.15, 0.2) is 0 Å². The fourth-order valence-corrected chi connectivity index (χ4v) is 3.87. The molecule has 1 N–H and O–H groups in total. The lowest BCUT2D eigenvalue weighted by molar-refractivity contribution is 0.0149. The first-order valence-electron chi connectivity index (χ1n) is 7.99. The summed E-state index contributed by atoms with van der Waals surface area (Å²) in [6.07, 6.45) is 5.99. The molecule has 0 aromatic carbocycles. The van der Waals surface area contributed by atoms with Gasteiger partial charge >= 0.3 is 0 Å². The van der Waals surface area contributed by atoms with Gasteiger partial charge in [0.1, 0.15) is 0 Å². The molecular formula is C16H30N2. The second-order valence-corrected chi connectivity index (χ2v) is 7.91. The van der Waals surface area contributed by atoms with Gasteiger partial charge in [0.25, 0.3) is 0 Å².